The van der Waals surface area contributed by atoms with Crippen molar-refractivity contribution in [2.45, 2.75) is 12.4 Å². The number of pyridine rings is 2. The lowest BCUT2D eigenvalue weighted by Crippen LogP contribution is -2.30. The molecular weight excluding hydrogens is 341 g/mol. The molecule has 0 bridgehead atoms. The first kappa shape index (κ1) is 16.7. The number of nitrogens with zero attached hydrogens (tertiary/aromatic N) is 4. The molecule has 0 aliphatic rings. The van der Waals surface area contributed by atoms with Gasteiger partial charge in [-0.1, -0.05) is 6.07 Å². The number of rotatable bonds is 3. The molecule has 0 aliphatic heterocycles. The molecule has 1 atom stereocenters. The molecule has 10 heteroatoms. The number of carbonyl (C=O) groups is 1. The topological polar surface area (TPSA) is 98.0 Å². The highest BCUT2D eigenvalue weighted by Gasteiger charge is 2.33. The van der Waals surface area contributed by atoms with Gasteiger partial charge >= 0.3 is 6.18 Å². The van der Waals surface area contributed by atoms with Gasteiger partial charge in [-0.15, -0.1) is 0 Å². The molecule has 3 rings (SSSR count). The quantitative estimate of drug-likeness (QED) is 0.720. The average molecular weight is 350 g/mol. The van der Waals surface area contributed by atoms with Gasteiger partial charge in [0.25, 0.3) is 5.56 Å². The van der Waals surface area contributed by atoms with Crippen molar-refractivity contribution in [2.24, 2.45) is 0 Å². The van der Waals surface area contributed by atoms with Crippen molar-refractivity contribution in [3.63, 3.8) is 0 Å². The summed E-state index contributed by atoms with van der Waals surface area (Å²) in [6.07, 6.45) is -3.13. The van der Waals surface area contributed by atoms with E-state index in [1.807, 2.05) is 0 Å². The molecule has 0 saturated carbocycles. The lowest BCUT2D eigenvalue weighted by Gasteiger charge is -2.13. The van der Waals surface area contributed by atoms with Crippen LogP contribution >= 0.6 is 0 Å². The van der Waals surface area contributed by atoms with E-state index in [1.54, 1.807) is 12.1 Å². The molecule has 3 aromatic rings. The minimum absolute atomic E-state index is 0.0374. The van der Waals surface area contributed by atoms with Crippen LogP contribution in [0.5, 0.6) is 0 Å². The van der Waals surface area contributed by atoms with Gasteiger partial charge < -0.3 is 5.11 Å². The predicted molar refractivity (Wildman–Crippen MR) is 78.6 cm³/mol. The second-order valence-electron chi connectivity index (χ2n) is 4.99. The van der Waals surface area contributed by atoms with E-state index >= 15 is 0 Å². The summed E-state index contributed by atoms with van der Waals surface area (Å²) in [4.78, 5) is 34.8. The first-order chi connectivity index (χ1) is 11.8. The Morgan fingerprint density at radius 3 is 2.56 bits per heavy atom. The average Bonchev–Trinajstić information content (AvgIpc) is 2.60. The molecule has 1 unspecified atom stereocenters. The minimum atomic E-state index is -4.70. The summed E-state index contributed by atoms with van der Waals surface area (Å²) < 4.78 is 38.1. The maximum Gasteiger partial charge on any atom is 0.434 e. The number of fused-ring (bicyclic) bond motifs is 1. The number of alkyl halides is 3. The van der Waals surface area contributed by atoms with Gasteiger partial charge in [0.1, 0.15) is 11.2 Å². The van der Waals surface area contributed by atoms with Crippen LogP contribution in [0.3, 0.4) is 0 Å². The van der Waals surface area contributed by atoms with E-state index in [2.05, 4.69) is 15.0 Å². The molecule has 0 fully saturated rings. The molecule has 128 valence electrons. The molecule has 1 N–H and O–H groups in total. The Morgan fingerprint density at radius 1 is 1.16 bits per heavy atom. The molecule has 7 nitrogen and oxygen atoms in total. The van der Waals surface area contributed by atoms with Gasteiger partial charge in [0, 0.05) is 17.8 Å². The predicted octanol–water partition coefficient (Wildman–Crippen LogP) is 1.58. The van der Waals surface area contributed by atoms with Gasteiger partial charge in [-0.25, -0.2) is 9.97 Å². The Morgan fingerprint density at radius 2 is 1.92 bits per heavy atom. The lowest BCUT2D eigenvalue weighted by molar-refractivity contribution is -0.141. The summed E-state index contributed by atoms with van der Waals surface area (Å²) in [6.45, 7) is 0. The first-order valence-corrected chi connectivity index (χ1v) is 6.86. The lowest BCUT2D eigenvalue weighted by atomic mass is 10.2. The Labute approximate surface area is 137 Å². The fourth-order valence-corrected chi connectivity index (χ4v) is 2.13. The summed E-state index contributed by atoms with van der Waals surface area (Å²) in [7, 11) is 0. The van der Waals surface area contributed by atoms with Crippen molar-refractivity contribution < 1.29 is 23.1 Å². The van der Waals surface area contributed by atoms with Gasteiger partial charge in [-0.05, 0) is 12.1 Å². The summed E-state index contributed by atoms with van der Waals surface area (Å²) >= 11 is 0. The summed E-state index contributed by atoms with van der Waals surface area (Å²) in [5.41, 5.74) is -2.46. The maximum absolute atomic E-state index is 12.5. The highest BCUT2D eigenvalue weighted by Crippen LogP contribution is 2.26. The van der Waals surface area contributed by atoms with Crippen LogP contribution < -0.4 is 5.56 Å². The van der Waals surface area contributed by atoms with E-state index in [-0.39, 0.29) is 5.52 Å². The van der Waals surface area contributed by atoms with Crippen LogP contribution in [-0.2, 0) is 6.18 Å². The van der Waals surface area contributed by atoms with Crippen LogP contribution in [0.4, 0.5) is 13.2 Å². The monoisotopic (exact) mass is 350 g/mol. The number of aliphatic hydroxyl groups excluding tert-OH is 1. The fourth-order valence-electron chi connectivity index (χ4n) is 2.13. The van der Waals surface area contributed by atoms with E-state index < -0.39 is 35.1 Å². The molecule has 0 spiro atoms. The number of aromatic nitrogens is 4. The second kappa shape index (κ2) is 6.06. The second-order valence-corrected chi connectivity index (χ2v) is 4.99. The zero-order chi connectivity index (χ0) is 18.2. The van der Waals surface area contributed by atoms with Crippen molar-refractivity contribution in [1.82, 2.24) is 19.5 Å². The van der Waals surface area contributed by atoms with Gasteiger partial charge in [-0.2, -0.15) is 13.2 Å². The highest BCUT2D eigenvalue weighted by atomic mass is 19.4. The third-order valence-corrected chi connectivity index (χ3v) is 3.38. The number of Topliss-reactive ketones (excluding diaryl/α,β-unsaturated/α-hetero) is 1. The van der Waals surface area contributed by atoms with E-state index in [9.17, 15) is 27.9 Å². The van der Waals surface area contributed by atoms with E-state index in [0.29, 0.717) is 17.8 Å². The number of aliphatic hydroxyl groups is 1. The highest BCUT2D eigenvalue weighted by molar-refractivity contribution is 5.96. The zero-order valence-electron chi connectivity index (χ0n) is 12.3. The molecule has 0 aromatic carbocycles. The number of ketones is 1. The molecule has 0 radical (unpaired) electrons. The number of hydrogen-bond acceptors (Lipinski definition) is 6. The van der Waals surface area contributed by atoms with Crippen molar-refractivity contribution in [3.8, 4) is 0 Å². The summed E-state index contributed by atoms with van der Waals surface area (Å²) in [5, 5.41) is 10.6. The molecule has 3 aromatic heterocycles. The van der Waals surface area contributed by atoms with E-state index in [0.717, 1.165) is 4.57 Å². The molecule has 25 heavy (non-hydrogen) atoms. The molecule has 0 amide bonds. The van der Waals surface area contributed by atoms with Gasteiger partial charge in [-0.3, -0.25) is 19.1 Å². The molecule has 0 saturated heterocycles. The Balaban J connectivity index is 1.95. The molecule has 3 heterocycles. The van der Waals surface area contributed by atoms with Crippen molar-refractivity contribution >= 4 is 16.7 Å². The van der Waals surface area contributed by atoms with Crippen LogP contribution in [0.1, 0.15) is 22.4 Å². The van der Waals surface area contributed by atoms with Crippen molar-refractivity contribution in [3.05, 3.63) is 64.7 Å². The Kier molecular flexibility index (Phi) is 4.05. The standard InChI is InChI=1S/C15H9F3N4O3/c16-15(17,18)10-7-20-9(6-21-10)12(23)14(25)22-5-3-8-2-1-4-19-11(8)13(22)24/h1-7,14,25H. The smallest absolute Gasteiger partial charge is 0.366 e. The maximum atomic E-state index is 12.5. The van der Waals surface area contributed by atoms with Crippen LogP contribution in [0.2, 0.25) is 0 Å². The van der Waals surface area contributed by atoms with Crippen LogP contribution in [-0.4, -0.2) is 30.4 Å². The molecular formula is C15H9F3N4O3. The van der Waals surface area contributed by atoms with Gasteiger partial charge in [0.2, 0.25) is 5.78 Å². The number of carbonyl (C=O) groups excluding carboxylic acids is 1. The fraction of sp³-hybridized carbons (Fsp3) is 0.133. The van der Waals surface area contributed by atoms with Crippen LogP contribution in [0.25, 0.3) is 10.9 Å². The summed E-state index contributed by atoms with van der Waals surface area (Å²) in [5.74, 6) is -1.07. The SMILES string of the molecule is O=C(c1cnc(C(F)(F)F)cn1)C(O)n1ccc2cccnc2c1=O. The van der Waals surface area contributed by atoms with Crippen LogP contribution in [0, 0.1) is 0 Å². The number of hydrogen-bond donors (Lipinski definition) is 1. The Bertz CT molecular complexity index is 999. The minimum Gasteiger partial charge on any atom is -0.366 e. The van der Waals surface area contributed by atoms with Gasteiger partial charge in [0.05, 0.1) is 12.4 Å². The summed E-state index contributed by atoms with van der Waals surface area (Å²) in [6, 6.07) is 4.72. The normalized spacial score (nSPS) is 13.0. The first-order valence-electron chi connectivity index (χ1n) is 6.86. The third kappa shape index (κ3) is 3.11. The van der Waals surface area contributed by atoms with Gasteiger partial charge in [0.15, 0.2) is 11.9 Å². The van der Waals surface area contributed by atoms with Crippen LogP contribution in [0.15, 0.2) is 47.8 Å². The van der Waals surface area contributed by atoms with Crippen molar-refractivity contribution in [2.75, 3.05) is 0 Å². The molecule has 0 aliphatic carbocycles. The van der Waals surface area contributed by atoms with E-state index in [1.165, 1.54) is 18.5 Å². The van der Waals surface area contributed by atoms with Crippen molar-refractivity contribution in [1.29, 1.82) is 0 Å². The largest absolute Gasteiger partial charge is 0.434 e. The number of halogens is 3. The van der Waals surface area contributed by atoms with E-state index in [4.69, 9.17) is 0 Å². The third-order valence-electron chi connectivity index (χ3n) is 3.38. The zero-order valence-corrected chi connectivity index (χ0v) is 12.3. The Hall–Kier alpha value is -3.14.